The van der Waals surface area contributed by atoms with Gasteiger partial charge in [0.1, 0.15) is 11.5 Å². The van der Waals surface area contributed by atoms with Crippen molar-refractivity contribution in [3.05, 3.63) is 213 Å². The van der Waals surface area contributed by atoms with E-state index in [4.69, 9.17) is 9.47 Å². The molecule has 0 amide bonds. The van der Waals surface area contributed by atoms with E-state index in [1.54, 1.807) is 14.2 Å². The first-order chi connectivity index (χ1) is 40.1. The number of rotatable bonds is 18. The van der Waals surface area contributed by atoms with Crippen molar-refractivity contribution in [3.63, 3.8) is 0 Å². The van der Waals surface area contributed by atoms with E-state index < -0.39 is 10.8 Å². The summed E-state index contributed by atoms with van der Waals surface area (Å²) in [6.07, 6.45) is 1.51. The van der Waals surface area contributed by atoms with Crippen LogP contribution in [0.5, 0.6) is 23.0 Å². The molecule has 2 N–H and O–H groups in total. The molecule has 0 atom stereocenters. The van der Waals surface area contributed by atoms with E-state index in [0.29, 0.717) is 37.4 Å². The molecule has 9 heteroatoms. The molecule has 0 aliphatic heterocycles. The average molecular weight is 1310 g/mol. The van der Waals surface area contributed by atoms with Gasteiger partial charge < -0.3 is 39.7 Å². The van der Waals surface area contributed by atoms with E-state index in [-0.39, 0.29) is 56.7 Å². The second-order valence-corrected chi connectivity index (χ2v) is 29.3. The maximum absolute atomic E-state index is 14.3. The molecule has 8 aromatic carbocycles. The zero-order valence-electron chi connectivity index (χ0n) is 54.2. The van der Waals surface area contributed by atoms with Gasteiger partial charge in [0, 0.05) is 85.0 Å². The van der Waals surface area contributed by atoms with Crippen molar-refractivity contribution in [2.45, 2.75) is 141 Å². The molecule has 0 aliphatic rings. The van der Waals surface area contributed by atoms with E-state index in [1.165, 1.54) is 0 Å². The van der Waals surface area contributed by atoms with Gasteiger partial charge in [-0.25, -0.2) is 0 Å². The summed E-state index contributed by atoms with van der Waals surface area (Å²) in [5, 5.41) is 51.9. The summed E-state index contributed by atoms with van der Waals surface area (Å²) in [4.78, 5) is 4.30. The van der Waals surface area contributed by atoms with E-state index >= 15 is 0 Å². The fourth-order valence-corrected chi connectivity index (χ4v) is 11.3. The first-order valence-corrected chi connectivity index (χ1v) is 37.1. The van der Waals surface area contributed by atoms with E-state index in [2.05, 4.69) is 152 Å². The van der Waals surface area contributed by atoms with Gasteiger partial charge in [0.05, 0.1) is 11.4 Å². The number of anilines is 4. The van der Waals surface area contributed by atoms with Gasteiger partial charge in [-0.1, -0.05) is 225 Å². The van der Waals surface area contributed by atoms with Crippen molar-refractivity contribution in [2.24, 2.45) is 0 Å². The standard InChI is InChI=1S/2C37H45NO3.2CH3.Hf/c2*1-25-21-29(34(39)31(23-25)37(6,7)27-15-10-9-11-16-27)28-17-12-13-18-32(28)38(19-14-20-41-8)33-24-26(2)22-30(35(33)40)36(3,4)5;;;/h2*9-13,15-18,21-24,39-40H,14,19-20H2,1-8H3;2*1H3;/q;;;;+2/p-2. The van der Waals surface area contributed by atoms with Gasteiger partial charge in [0.2, 0.25) is 0 Å². The number of phenols is 2. The van der Waals surface area contributed by atoms with E-state index in [1.807, 2.05) is 121 Å². The summed E-state index contributed by atoms with van der Waals surface area (Å²) in [5.41, 5.74) is 14.6. The monoisotopic (exact) mass is 1310 g/mol. The molecular formula is C76H94HfN2O6. The molecule has 8 nitrogen and oxygen atoms in total. The molecular weight excluding hydrogens is 1220 g/mol. The molecule has 0 aliphatic carbocycles. The van der Waals surface area contributed by atoms with Crippen LogP contribution in [-0.2, 0) is 54.0 Å². The number of aryl methyl sites for hydroxylation is 4. The second kappa shape index (κ2) is 29.2. The maximum atomic E-state index is 14.3. The van der Waals surface area contributed by atoms with Crippen LogP contribution in [0.4, 0.5) is 22.7 Å². The Balaban J connectivity index is 0.000000260. The molecule has 0 unspecified atom stereocenters. The van der Waals surface area contributed by atoms with E-state index in [0.717, 1.165) is 102 Å². The molecule has 0 heterocycles. The summed E-state index contributed by atoms with van der Waals surface area (Å²) < 4.78 is 15.4. The Morgan fingerprint density at radius 3 is 1.01 bits per heavy atom. The van der Waals surface area contributed by atoms with Gasteiger partial charge in [0.15, 0.2) is 0 Å². The molecule has 8 rings (SSSR count). The zero-order valence-corrected chi connectivity index (χ0v) is 57.8. The third-order valence-electron chi connectivity index (χ3n) is 15.9. The summed E-state index contributed by atoms with van der Waals surface area (Å²) in [6, 6.07) is 52.7. The molecule has 0 saturated carbocycles. The summed E-state index contributed by atoms with van der Waals surface area (Å²) >= 11 is 0.0833. The Labute approximate surface area is 521 Å². The summed E-state index contributed by atoms with van der Waals surface area (Å²) in [5.74, 6) is 0.593. The molecule has 0 aromatic heterocycles. The minimum atomic E-state index is -0.470. The number of aromatic hydroxyl groups is 2. The Morgan fingerprint density at radius 1 is 0.400 bits per heavy atom. The Morgan fingerprint density at radius 2 is 0.694 bits per heavy atom. The molecule has 0 fully saturated rings. The molecule has 0 saturated heterocycles. The van der Waals surface area contributed by atoms with Crippen LogP contribution in [0.25, 0.3) is 22.3 Å². The van der Waals surface area contributed by atoms with Crippen LogP contribution in [0.3, 0.4) is 0 Å². The quantitative estimate of drug-likeness (QED) is 0.0646. The SMILES string of the molecule is COCCCN(c1ccccc1-c1cc(C)cc(C(C)(C)c2ccccc2)c1[O-])c1cc(C)cc(C(C)(C)C)c1O.COCCCN(c1ccccc1-c1cc(C)cc(C(C)(C)c2ccccc2)c1[O-])c1cc(C)cc(C(C)(C)C)c1O.[CH3][Hf+2][CH3]. The molecule has 0 bridgehead atoms. The van der Waals surface area contributed by atoms with Crippen molar-refractivity contribution >= 4 is 22.7 Å². The van der Waals surface area contributed by atoms with Crippen LogP contribution >= 0.6 is 0 Å². The van der Waals surface area contributed by atoms with Gasteiger partial charge in [0.25, 0.3) is 0 Å². The summed E-state index contributed by atoms with van der Waals surface area (Å²) in [7, 11) is 3.40. The van der Waals surface area contributed by atoms with Crippen LogP contribution in [-0.4, -0.2) is 50.7 Å². The molecule has 8 aromatic rings. The van der Waals surface area contributed by atoms with Crippen LogP contribution in [0.1, 0.15) is 138 Å². The Kier molecular flexibility index (Phi) is 23.1. The number of methoxy groups -OCH3 is 2. The van der Waals surface area contributed by atoms with Crippen molar-refractivity contribution in [1.82, 2.24) is 0 Å². The summed E-state index contributed by atoms with van der Waals surface area (Å²) in [6.45, 7) is 31.8. The number of benzene rings is 8. The van der Waals surface area contributed by atoms with Crippen molar-refractivity contribution in [3.8, 4) is 45.3 Å². The minimum absolute atomic E-state index is 0.0255. The Hall–Kier alpha value is -6.65. The van der Waals surface area contributed by atoms with E-state index in [9.17, 15) is 20.4 Å². The third kappa shape index (κ3) is 16.1. The van der Waals surface area contributed by atoms with Gasteiger partial charge >= 0.3 is 32.3 Å². The third-order valence-corrected chi connectivity index (χ3v) is 15.9. The second-order valence-electron chi connectivity index (χ2n) is 25.8. The van der Waals surface area contributed by atoms with Crippen LogP contribution < -0.4 is 20.0 Å². The first-order valence-electron chi connectivity index (χ1n) is 29.9. The molecule has 0 spiro atoms. The number of hydrogen-bond acceptors (Lipinski definition) is 8. The molecule has 0 radical (unpaired) electrons. The predicted octanol–water partition coefficient (Wildman–Crippen LogP) is 18.3. The fourth-order valence-electron chi connectivity index (χ4n) is 11.3. The van der Waals surface area contributed by atoms with Crippen LogP contribution in [0, 0.1) is 27.7 Å². The fraction of sp³-hybridized carbons (Fsp3) is 0.368. The number of hydrogen-bond donors (Lipinski definition) is 2. The van der Waals surface area contributed by atoms with Crippen molar-refractivity contribution in [1.29, 1.82) is 0 Å². The van der Waals surface area contributed by atoms with Crippen molar-refractivity contribution < 1.29 is 52.8 Å². The topological polar surface area (TPSA) is 112 Å². The predicted molar refractivity (Wildman–Crippen MR) is 351 cm³/mol. The van der Waals surface area contributed by atoms with Crippen LogP contribution in [0.15, 0.2) is 158 Å². The van der Waals surface area contributed by atoms with Gasteiger partial charge in [-0.05, 0) is 120 Å². The number of phenolic OH excluding ortho intramolecular Hbond substituents is 2. The molecule has 448 valence electrons. The zero-order chi connectivity index (χ0) is 62.6. The van der Waals surface area contributed by atoms with Gasteiger partial charge in [-0.3, -0.25) is 0 Å². The number of nitrogens with zero attached hydrogens (tertiary/aromatic N) is 2. The number of ether oxygens (including phenoxy) is 2. The Bertz CT molecular complexity index is 3250. The van der Waals surface area contributed by atoms with Gasteiger partial charge in [-0.2, -0.15) is 0 Å². The van der Waals surface area contributed by atoms with Gasteiger partial charge in [-0.15, -0.1) is 0 Å². The average Bonchev–Trinajstić information content (AvgIpc) is 3.60. The normalized spacial score (nSPS) is 11.7. The van der Waals surface area contributed by atoms with Crippen LogP contribution in [0.2, 0.25) is 9.36 Å². The first kappa shape index (κ1) is 67.5. The number of para-hydroxylation sites is 2. The van der Waals surface area contributed by atoms with Crippen molar-refractivity contribution in [2.75, 3.05) is 50.3 Å². The molecule has 85 heavy (non-hydrogen) atoms.